The predicted octanol–water partition coefficient (Wildman–Crippen LogP) is 3.99. The van der Waals surface area contributed by atoms with Crippen molar-refractivity contribution < 1.29 is 0 Å². The zero-order valence-electron chi connectivity index (χ0n) is 7.67. The third kappa shape index (κ3) is 1.30. The zero-order valence-corrected chi connectivity index (χ0v) is 9.25. The topological polar surface area (TPSA) is 23.8 Å². The summed E-state index contributed by atoms with van der Waals surface area (Å²) in [4.78, 5) is 0. The van der Waals surface area contributed by atoms with Gasteiger partial charge in [-0.25, -0.2) is 0 Å². The molecule has 1 aromatic carbocycles. The van der Waals surface area contributed by atoms with E-state index < -0.39 is 0 Å². The molecule has 0 saturated carbocycles. The normalized spacial score (nSPS) is 10.4. The predicted molar refractivity (Wildman–Crippen MR) is 60.9 cm³/mol. The molecule has 3 heteroatoms. The van der Waals surface area contributed by atoms with Crippen LogP contribution in [0.4, 0.5) is 0 Å². The van der Waals surface area contributed by atoms with E-state index in [4.69, 9.17) is 16.9 Å². The zero-order chi connectivity index (χ0) is 10.1. The lowest BCUT2D eigenvalue weighted by Crippen LogP contribution is -1.84. The average molecular weight is 222 g/mol. The van der Waals surface area contributed by atoms with Crippen LogP contribution in [0.3, 0.4) is 0 Å². The van der Waals surface area contributed by atoms with Crippen LogP contribution in [-0.2, 0) is 6.42 Å². The highest BCUT2D eigenvalue weighted by atomic mass is 35.5. The van der Waals surface area contributed by atoms with Gasteiger partial charge in [-0.05, 0) is 24.1 Å². The van der Waals surface area contributed by atoms with Gasteiger partial charge in [-0.2, -0.15) is 5.26 Å². The van der Waals surface area contributed by atoms with Gasteiger partial charge in [0.25, 0.3) is 0 Å². The van der Waals surface area contributed by atoms with Crippen LogP contribution in [-0.4, -0.2) is 0 Å². The van der Waals surface area contributed by atoms with Gasteiger partial charge in [-0.15, -0.1) is 11.3 Å². The molecular formula is C11H8ClNS. The molecule has 0 N–H and O–H groups in total. The first-order chi connectivity index (χ1) is 6.77. The second-order valence-electron chi connectivity index (χ2n) is 3.01. The fraction of sp³-hybridized carbons (Fsp3) is 0.182. The van der Waals surface area contributed by atoms with Gasteiger partial charge >= 0.3 is 0 Å². The van der Waals surface area contributed by atoms with Crippen molar-refractivity contribution in [3.05, 3.63) is 33.7 Å². The second-order valence-corrected chi connectivity index (χ2v) is 4.33. The molecule has 2 rings (SSSR count). The molecule has 0 bridgehead atoms. The molecule has 0 aliphatic heterocycles. The lowest BCUT2D eigenvalue weighted by Gasteiger charge is -2.02. The smallest absolute Gasteiger partial charge is 0.101 e. The summed E-state index contributed by atoms with van der Waals surface area (Å²) in [6, 6.07) is 6.08. The van der Waals surface area contributed by atoms with E-state index in [1.54, 1.807) is 11.3 Å². The van der Waals surface area contributed by atoms with Crippen LogP contribution in [0.25, 0.3) is 10.1 Å². The van der Waals surface area contributed by atoms with Crippen LogP contribution >= 0.6 is 22.9 Å². The van der Waals surface area contributed by atoms with Gasteiger partial charge in [0.2, 0.25) is 0 Å². The molecule has 0 amide bonds. The molecule has 0 atom stereocenters. The maximum absolute atomic E-state index is 8.95. The minimum Gasteiger partial charge on any atom is -0.192 e. The molecule has 14 heavy (non-hydrogen) atoms. The Labute approximate surface area is 91.5 Å². The Bertz CT molecular complexity index is 522. The van der Waals surface area contributed by atoms with Crippen LogP contribution in [0.15, 0.2) is 17.5 Å². The first-order valence-corrected chi connectivity index (χ1v) is 5.62. The summed E-state index contributed by atoms with van der Waals surface area (Å²) in [5.74, 6) is 0. The van der Waals surface area contributed by atoms with Gasteiger partial charge in [-0.1, -0.05) is 18.5 Å². The molecule has 0 aliphatic carbocycles. The van der Waals surface area contributed by atoms with Gasteiger partial charge in [0.1, 0.15) is 6.07 Å². The highest BCUT2D eigenvalue weighted by Crippen LogP contribution is 2.33. The van der Waals surface area contributed by atoms with E-state index in [9.17, 15) is 0 Å². The number of hydrogen-bond donors (Lipinski definition) is 0. The Balaban J connectivity index is 2.90. The van der Waals surface area contributed by atoms with E-state index >= 15 is 0 Å². The molecule has 1 nitrogen and oxygen atoms in total. The largest absolute Gasteiger partial charge is 0.192 e. The van der Waals surface area contributed by atoms with Crippen molar-refractivity contribution >= 4 is 33.0 Å². The summed E-state index contributed by atoms with van der Waals surface area (Å²) in [5.41, 5.74) is 1.83. The standard InChI is InChI=1S/C11H8ClNS/c1-2-8-9(12)3-4-10-11(8)7(5-13)6-14-10/h3-4,6H,2H2,1H3. The van der Waals surface area contributed by atoms with Crippen molar-refractivity contribution in [1.29, 1.82) is 5.26 Å². The van der Waals surface area contributed by atoms with Gasteiger partial charge in [0, 0.05) is 20.5 Å². The Morgan fingerprint density at radius 2 is 2.29 bits per heavy atom. The average Bonchev–Trinajstić information content (AvgIpc) is 2.61. The molecule has 70 valence electrons. The van der Waals surface area contributed by atoms with E-state index in [0.29, 0.717) is 0 Å². The first-order valence-electron chi connectivity index (χ1n) is 4.36. The van der Waals surface area contributed by atoms with Gasteiger partial charge < -0.3 is 0 Å². The number of aryl methyl sites for hydroxylation is 1. The molecule has 0 fully saturated rings. The molecule has 0 aliphatic rings. The number of fused-ring (bicyclic) bond motifs is 1. The summed E-state index contributed by atoms with van der Waals surface area (Å²) in [6.07, 6.45) is 0.863. The minimum absolute atomic E-state index is 0.740. The van der Waals surface area contributed by atoms with E-state index in [2.05, 4.69) is 13.0 Å². The van der Waals surface area contributed by atoms with Crippen LogP contribution in [0, 0.1) is 11.3 Å². The van der Waals surface area contributed by atoms with Crippen molar-refractivity contribution in [3.8, 4) is 6.07 Å². The minimum atomic E-state index is 0.740. The first kappa shape index (κ1) is 9.51. The second kappa shape index (κ2) is 3.61. The third-order valence-corrected chi connectivity index (χ3v) is 3.57. The Kier molecular flexibility index (Phi) is 2.45. The van der Waals surface area contributed by atoms with Crippen molar-refractivity contribution in [3.63, 3.8) is 0 Å². The van der Waals surface area contributed by atoms with Crippen LogP contribution in [0.1, 0.15) is 18.1 Å². The Morgan fingerprint density at radius 1 is 1.50 bits per heavy atom. The fourth-order valence-corrected chi connectivity index (χ4v) is 2.81. The lowest BCUT2D eigenvalue weighted by molar-refractivity contribution is 1.16. The van der Waals surface area contributed by atoms with Gasteiger partial charge in [0.05, 0.1) is 5.56 Å². The fourth-order valence-electron chi connectivity index (χ4n) is 1.60. The maximum Gasteiger partial charge on any atom is 0.101 e. The highest BCUT2D eigenvalue weighted by molar-refractivity contribution is 7.17. The van der Waals surface area contributed by atoms with E-state index in [1.807, 2.05) is 17.5 Å². The van der Waals surface area contributed by atoms with Crippen LogP contribution in [0.2, 0.25) is 5.02 Å². The summed E-state index contributed by atoms with van der Waals surface area (Å²) in [7, 11) is 0. The summed E-state index contributed by atoms with van der Waals surface area (Å²) in [5, 5.41) is 12.6. The molecule has 0 unspecified atom stereocenters. The van der Waals surface area contributed by atoms with Gasteiger partial charge in [-0.3, -0.25) is 0 Å². The number of thiophene rings is 1. The Hall–Kier alpha value is -1.04. The Morgan fingerprint density at radius 3 is 2.93 bits per heavy atom. The number of nitrogens with zero attached hydrogens (tertiary/aromatic N) is 1. The van der Waals surface area contributed by atoms with E-state index in [1.165, 1.54) is 0 Å². The van der Waals surface area contributed by atoms with Crippen molar-refractivity contribution in [2.45, 2.75) is 13.3 Å². The monoisotopic (exact) mass is 221 g/mol. The third-order valence-electron chi connectivity index (χ3n) is 2.26. The molecule has 1 aromatic heterocycles. The van der Waals surface area contributed by atoms with E-state index in [0.717, 1.165) is 32.7 Å². The van der Waals surface area contributed by atoms with Gasteiger partial charge in [0.15, 0.2) is 0 Å². The molecule has 0 spiro atoms. The number of benzene rings is 1. The molecule has 1 heterocycles. The van der Waals surface area contributed by atoms with Crippen LogP contribution < -0.4 is 0 Å². The summed E-state index contributed by atoms with van der Waals surface area (Å²) in [6.45, 7) is 2.06. The summed E-state index contributed by atoms with van der Waals surface area (Å²) < 4.78 is 1.14. The lowest BCUT2D eigenvalue weighted by atomic mass is 10.1. The SMILES string of the molecule is CCc1c(Cl)ccc2scc(C#N)c12. The molecule has 0 saturated heterocycles. The maximum atomic E-state index is 8.95. The van der Waals surface area contributed by atoms with Crippen molar-refractivity contribution in [2.24, 2.45) is 0 Å². The molecule has 0 radical (unpaired) electrons. The highest BCUT2D eigenvalue weighted by Gasteiger charge is 2.10. The van der Waals surface area contributed by atoms with Crippen molar-refractivity contribution in [1.82, 2.24) is 0 Å². The molecular weight excluding hydrogens is 214 g/mol. The van der Waals surface area contributed by atoms with Crippen molar-refractivity contribution in [2.75, 3.05) is 0 Å². The van der Waals surface area contributed by atoms with Crippen LogP contribution in [0.5, 0.6) is 0 Å². The number of rotatable bonds is 1. The van der Waals surface area contributed by atoms with E-state index in [-0.39, 0.29) is 0 Å². The summed E-state index contributed by atoms with van der Waals surface area (Å²) >= 11 is 7.68. The number of halogens is 1. The number of hydrogen-bond acceptors (Lipinski definition) is 2. The molecule has 2 aromatic rings. The number of nitriles is 1. The quantitative estimate of drug-likeness (QED) is 0.715.